The molecule has 0 radical (unpaired) electrons. The highest BCUT2D eigenvalue weighted by molar-refractivity contribution is 7.11. The van der Waals surface area contributed by atoms with Crippen molar-refractivity contribution in [3.63, 3.8) is 0 Å². The number of ether oxygens (including phenoxy) is 2. The fourth-order valence-corrected chi connectivity index (χ4v) is 6.62. The predicted molar refractivity (Wildman–Crippen MR) is 159 cm³/mol. The molecule has 3 aromatic carbocycles. The van der Waals surface area contributed by atoms with Crippen LogP contribution in [0.3, 0.4) is 0 Å². The van der Waals surface area contributed by atoms with Gasteiger partial charge < -0.3 is 25.0 Å². The van der Waals surface area contributed by atoms with Gasteiger partial charge in [0.15, 0.2) is 11.5 Å². The van der Waals surface area contributed by atoms with Crippen LogP contribution in [0, 0.1) is 0 Å². The lowest BCUT2D eigenvalue weighted by molar-refractivity contribution is 0.179. The van der Waals surface area contributed by atoms with Crippen LogP contribution in [0.5, 0.6) is 17.2 Å². The molecular weight excluding hydrogens is 506 g/mol. The Balaban J connectivity index is 1.53. The lowest BCUT2D eigenvalue weighted by Gasteiger charge is -2.35. The Morgan fingerprint density at radius 3 is 2.59 bits per heavy atom. The fourth-order valence-electron chi connectivity index (χ4n) is 5.74. The fraction of sp³-hybridized carbons (Fsp3) is 0.212. The highest BCUT2D eigenvalue weighted by atomic mass is 32.1. The number of phenolic OH excluding ortho intramolecular Hbond substituents is 1. The normalized spacial score (nSPS) is 16.7. The number of allylic oxidation sites excluding steroid dienone is 1. The molecule has 0 saturated heterocycles. The first-order valence-corrected chi connectivity index (χ1v) is 13.9. The predicted octanol–water partition coefficient (Wildman–Crippen LogP) is 7.90. The summed E-state index contributed by atoms with van der Waals surface area (Å²) in [5.41, 5.74) is 7.54. The van der Waals surface area contributed by atoms with Gasteiger partial charge in [0.05, 0.1) is 24.3 Å². The maximum absolute atomic E-state index is 11.2. The Morgan fingerprint density at radius 2 is 1.82 bits per heavy atom. The summed E-state index contributed by atoms with van der Waals surface area (Å²) in [5.74, 6) is 1.74. The number of anilines is 1. The summed E-state index contributed by atoms with van der Waals surface area (Å²) in [6, 6.07) is 19.5. The molecule has 1 unspecified atom stereocenters. The molecule has 2 aliphatic heterocycles. The third kappa shape index (κ3) is 4.50. The van der Waals surface area contributed by atoms with Crippen LogP contribution in [-0.2, 0) is 6.42 Å². The third-order valence-electron chi connectivity index (χ3n) is 7.29. The van der Waals surface area contributed by atoms with Gasteiger partial charge in [-0.15, -0.1) is 11.3 Å². The van der Waals surface area contributed by atoms with Gasteiger partial charge in [-0.1, -0.05) is 42.5 Å². The van der Waals surface area contributed by atoms with Gasteiger partial charge in [0.2, 0.25) is 0 Å². The number of benzene rings is 3. The molecule has 6 rings (SSSR count). The zero-order chi connectivity index (χ0) is 27.3. The number of aromatic hydroxyl groups is 1. The number of hydrogen-bond donors (Lipinski definition) is 3. The number of fused-ring (bicyclic) bond motifs is 5. The van der Waals surface area contributed by atoms with Crippen LogP contribution < -0.4 is 14.8 Å². The average Bonchev–Trinajstić information content (AvgIpc) is 3.36. The van der Waals surface area contributed by atoms with Crippen LogP contribution in [0.25, 0.3) is 28.5 Å². The Kier molecular flexibility index (Phi) is 6.25. The Labute approximate surface area is 232 Å². The second kappa shape index (κ2) is 9.63. The minimum absolute atomic E-state index is 0.0621. The molecule has 6 heteroatoms. The van der Waals surface area contributed by atoms with Gasteiger partial charge in [-0.05, 0) is 73.2 Å². The van der Waals surface area contributed by atoms with Crippen molar-refractivity contribution in [1.82, 2.24) is 0 Å². The SMILES string of the molecule is COc1c(O)ccc2c1-c1ccc3c(c1/C(=C/c1sccc1C(O)Cc1ccccc1)O2)C(C)=CC(C)(C)N3. The quantitative estimate of drug-likeness (QED) is 0.241. The number of thiophene rings is 1. The van der Waals surface area contributed by atoms with Gasteiger partial charge in [-0.2, -0.15) is 0 Å². The van der Waals surface area contributed by atoms with Crippen molar-refractivity contribution in [2.24, 2.45) is 0 Å². The number of methoxy groups -OCH3 is 1. The van der Waals surface area contributed by atoms with Gasteiger partial charge in [0.1, 0.15) is 11.5 Å². The summed E-state index contributed by atoms with van der Waals surface area (Å²) in [6.07, 6.45) is 4.14. The van der Waals surface area contributed by atoms with E-state index in [9.17, 15) is 10.2 Å². The van der Waals surface area contributed by atoms with Crippen molar-refractivity contribution in [2.75, 3.05) is 12.4 Å². The van der Waals surface area contributed by atoms with Crippen molar-refractivity contribution in [3.05, 3.63) is 99.3 Å². The lowest BCUT2D eigenvalue weighted by atomic mass is 9.83. The lowest BCUT2D eigenvalue weighted by Crippen LogP contribution is -2.32. The second-order valence-electron chi connectivity index (χ2n) is 10.6. The van der Waals surface area contributed by atoms with Gasteiger partial charge in [0.25, 0.3) is 0 Å². The summed E-state index contributed by atoms with van der Waals surface area (Å²) in [7, 11) is 1.56. The molecule has 3 heterocycles. The van der Waals surface area contributed by atoms with Crippen LogP contribution in [0.15, 0.2) is 72.1 Å². The van der Waals surface area contributed by atoms with E-state index in [-0.39, 0.29) is 11.3 Å². The third-order valence-corrected chi connectivity index (χ3v) is 8.17. The summed E-state index contributed by atoms with van der Waals surface area (Å²) in [4.78, 5) is 0.942. The number of phenols is 1. The molecule has 198 valence electrons. The molecule has 4 aromatic rings. The number of hydrogen-bond acceptors (Lipinski definition) is 6. The molecule has 0 fully saturated rings. The van der Waals surface area contributed by atoms with Crippen molar-refractivity contribution >= 4 is 34.4 Å². The second-order valence-corrected chi connectivity index (χ2v) is 11.6. The largest absolute Gasteiger partial charge is 0.504 e. The molecule has 2 aliphatic rings. The first-order valence-electron chi connectivity index (χ1n) is 13.0. The first-order chi connectivity index (χ1) is 18.8. The molecule has 39 heavy (non-hydrogen) atoms. The van der Waals surface area contributed by atoms with Gasteiger partial charge in [-0.3, -0.25) is 0 Å². The summed E-state index contributed by atoms with van der Waals surface area (Å²) in [6.45, 7) is 6.41. The van der Waals surface area contributed by atoms with E-state index in [1.807, 2.05) is 47.9 Å². The standard InChI is InChI=1S/C33H31NO4S/c1-19-18-33(2,3)34-23-11-10-22-30(29(19)23)27(38-26-13-12-24(35)32(37-4)31(22)26)17-28-21(14-15-39-28)25(36)16-20-8-6-5-7-9-20/h5-15,17-18,25,34-36H,16H2,1-4H3/b27-17-. The molecule has 1 atom stereocenters. The van der Waals surface area contributed by atoms with E-state index in [0.29, 0.717) is 23.7 Å². The van der Waals surface area contributed by atoms with Crippen molar-refractivity contribution in [2.45, 2.75) is 38.8 Å². The van der Waals surface area contributed by atoms with Crippen LogP contribution in [0.2, 0.25) is 0 Å². The molecular formula is C33H31NO4S. The van der Waals surface area contributed by atoms with E-state index in [4.69, 9.17) is 9.47 Å². The summed E-state index contributed by atoms with van der Waals surface area (Å²) in [5, 5.41) is 27.4. The minimum Gasteiger partial charge on any atom is -0.504 e. The van der Waals surface area contributed by atoms with Crippen LogP contribution >= 0.6 is 11.3 Å². The zero-order valence-electron chi connectivity index (χ0n) is 22.4. The molecule has 0 aliphatic carbocycles. The number of aliphatic hydroxyl groups is 1. The van der Waals surface area contributed by atoms with Crippen molar-refractivity contribution < 1.29 is 19.7 Å². The van der Waals surface area contributed by atoms with E-state index in [2.05, 4.69) is 44.3 Å². The van der Waals surface area contributed by atoms with E-state index in [1.165, 1.54) is 0 Å². The van der Waals surface area contributed by atoms with Crippen LogP contribution in [0.4, 0.5) is 5.69 Å². The van der Waals surface area contributed by atoms with Crippen LogP contribution in [0.1, 0.15) is 54.0 Å². The summed E-state index contributed by atoms with van der Waals surface area (Å²) >= 11 is 1.57. The number of nitrogens with one attached hydrogen (secondary N) is 1. The molecule has 0 amide bonds. The highest BCUT2D eigenvalue weighted by Gasteiger charge is 2.33. The van der Waals surface area contributed by atoms with Gasteiger partial charge in [-0.25, -0.2) is 0 Å². The van der Waals surface area contributed by atoms with E-state index >= 15 is 0 Å². The smallest absolute Gasteiger partial charge is 0.172 e. The van der Waals surface area contributed by atoms with Crippen LogP contribution in [-0.4, -0.2) is 22.9 Å². The molecule has 0 spiro atoms. The molecule has 5 nitrogen and oxygen atoms in total. The van der Waals surface area contributed by atoms with Gasteiger partial charge in [0, 0.05) is 33.7 Å². The maximum Gasteiger partial charge on any atom is 0.172 e. The monoisotopic (exact) mass is 537 g/mol. The van der Waals surface area contributed by atoms with Crippen molar-refractivity contribution in [3.8, 4) is 28.4 Å². The molecule has 0 saturated carbocycles. The average molecular weight is 538 g/mol. The van der Waals surface area contributed by atoms with E-state index in [0.717, 1.165) is 49.5 Å². The van der Waals surface area contributed by atoms with E-state index < -0.39 is 6.10 Å². The summed E-state index contributed by atoms with van der Waals surface area (Å²) < 4.78 is 12.2. The number of aliphatic hydroxyl groups excluding tert-OH is 1. The van der Waals surface area contributed by atoms with Crippen molar-refractivity contribution in [1.29, 1.82) is 0 Å². The molecule has 1 aromatic heterocycles. The Morgan fingerprint density at radius 1 is 1.03 bits per heavy atom. The van der Waals surface area contributed by atoms with Gasteiger partial charge >= 0.3 is 0 Å². The molecule has 3 N–H and O–H groups in total. The Hall–Kier alpha value is -4.00. The zero-order valence-corrected chi connectivity index (χ0v) is 23.2. The highest BCUT2D eigenvalue weighted by Crippen LogP contribution is 2.54. The maximum atomic E-state index is 11.2. The molecule has 0 bridgehead atoms. The first kappa shape index (κ1) is 25.3. The topological polar surface area (TPSA) is 71.0 Å². The number of rotatable bonds is 5. The Bertz CT molecular complexity index is 1630. The minimum atomic E-state index is -0.647. The van der Waals surface area contributed by atoms with E-state index in [1.54, 1.807) is 30.6 Å².